The van der Waals surface area contributed by atoms with Crippen LogP contribution in [0.3, 0.4) is 0 Å². The van der Waals surface area contributed by atoms with Gasteiger partial charge in [0.1, 0.15) is 5.56 Å². The highest BCUT2D eigenvalue weighted by Crippen LogP contribution is 2.21. The van der Waals surface area contributed by atoms with Crippen molar-refractivity contribution in [2.45, 2.75) is 0 Å². The molecule has 7 nitrogen and oxygen atoms in total. The second kappa shape index (κ2) is 3.71. The molecule has 0 saturated carbocycles. The molecule has 4 N–H and O–H groups in total. The van der Waals surface area contributed by atoms with Crippen molar-refractivity contribution >= 4 is 17.3 Å². The number of aromatic carboxylic acids is 1. The van der Waals surface area contributed by atoms with E-state index in [1.54, 1.807) is 0 Å². The third-order valence-corrected chi connectivity index (χ3v) is 1.59. The van der Waals surface area contributed by atoms with Crippen LogP contribution in [0, 0.1) is 10.1 Å². The van der Waals surface area contributed by atoms with Crippen LogP contribution in [0.5, 0.6) is 0 Å². The highest BCUT2D eigenvalue weighted by atomic mass is 16.6. The molecule has 7 heteroatoms. The number of hydrogen-bond acceptors (Lipinski definition) is 5. The zero-order chi connectivity index (χ0) is 10.7. The normalized spacial score (nSPS) is 9.50. The number of benzene rings is 1. The van der Waals surface area contributed by atoms with Crippen LogP contribution in [0.25, 0.3) is 0 Å². The van der Waals surface area contributed by atoms with E-state index in [-0.39, 0.29) is 0 Å². The van der Waals surface area contributed by atoms with Crippen LogP contribution in [-0.2, 0) is 0 Å². The Labute approximate surface area is 78.3 Å². The van der Waals surface area contributed by atoms with Crippen molar-refractivity contribution < 1.29 is 14.8 Å². The third kappa shape index (κ3) is 1.77. The highest BCUT2D eigenvalue weighted by Gasteiger charge is 2.19. The average molecular weight is 197 g/mol. The highest BCUT2D eigenvalue weighted by molar-refractivity contribution is 5.93. The number of carboxylic acids is 1. The molecule has 0 fully saturated rings. The number of anilines is 1. The van der Waals surface area contributed by atoms with Crippen LogP contribution >= 0.6 is 0 Å². The maximum absolute atomic E-state index is 10.6. The van der Waals surface area contributed by atoms with E-state index in [0.717, 1.165) is 12.1 Å². The second-order valence-electron chi connectivity index (χ2n) is 2.44. The van der Waals surface area contributed by atoms with Crippen LogP contribution in [0.15, 0.2) is 18.2 Å². The Kier molecular flexibility index (Phi) is 2.63. The van der Waals surface area contributed by atoms with Gasteiger partial charge in [-0.05, 0) is 12.1 Å². The van der Waals surface area contributed by atoms with Gasteiger partial charge in [-0.2, -0.15) is 0 Å². The molecule has 14 heavy (non-hydrogen) atoms. The molecule has 0 aromatic heterocycles. The second-order valence-corrected chi connectivity index (χ2v) is 2.44. The topological polar surface area (TPSA) is 118 Å². The Bertz CT molecular complexity index is 391. The van der Waals surface area contributed by atoms with Gasteiger partial charge < -0.3 is 10.5 Å². The molecule has 0 unspecified atom stereocenters. The van der Waals surface area contributed by atoms with E-state index in [9.17, 15) is 14.9 Å². The van der Waals surface area contributed by atoms with Crippen molar-refractivity contribution in [2.24, 2.45) is 5.84 Å². The lowest BCUT2D eigenvalue weighted by atomic mass is 10.1. The molecular weight excluding hydrogens is 190 g/mol. The molecule has 1 aromatic carbocycles. The van der Waals surface area contributed by atoms with E-state index in [2.05, 4.69) is 5.43 Å². The van der Waals surface area contributed by atoms with Gasteiger partial charge in [0, 0.05) is 11.8 Å². The van der Waals surface area contributed by atoms with Gasteiger partial charge in [0.05, 0.1) is 4.92 Å². The number of nitro benzene ring substituents is 1. The lowest BCUT2D eigenvalue weighted by molar-refractivity contribution is -0.385. The Morgan fingerprint density at radius 2 is 2.21 bits per heavy atom. The van der Waals surface area contributed by atoms with Gasteiger partial charge >= 0.3 is 5.97 Å². The molecule has 0 spiro atoms. The summed E-state index contributed by atoms with van der Waals surface area (Å²) in [6.45, 7) is 0. The van der Waals surface area contributed by atoms with Gasteiger partial charge in [0.2, 0.25) is 0 Å². The summed E-state index contributed by atoms with van der Waals surface area (Å²) in [7, 11) is 0. The molecule has 74 valence electrons. The minimum atomic E-state index is -1.37. The van der Waals surface area contributed by atoms with Crippen LogP contribution in [0.1, 0.15) is 10.4 Å². The fourth-order valence-electron chi connectivity index (χ4n) is 0.956. The smallest absolute Gasteiger partial charge is 0.342 e. The van der Waals surface area contributed by atoms with Crippen molar-refractivity contribution in [3.63, 3.8) is 0 Å². The Balaban J connectivity index is 3.31. The van der Waals surface area contributed by atoms with Gasteiger partial charge in [-0.15, -0.1) is 0 Å². The van der Waals surface area contributed by atoms with Crippen LogP contribution in [0.4, 0.5) is 11.4 Å². The number of carbonyl (C=O) groups is 1. The number of hydrazine groups is 1. The van der Waals surface area contributed by atoms with E-state index in [4.69, 9.17) is 10.9 Å². The Morgan fingerprint density at radius 3 is 2.64 bits per heavy atom. The number of hydrogen-bond donors (Lipinski definition) is 3. The van der Waals surface area contributed by atoms with Crippen LogP contribution < -0.4 is 11.3 Å². The van der Waals surface area contributed by atoms with Crippen molar-refractivity contribution in [1.29, 1.82) is 0 Å². The Morgan fingerprint density at radius 1 is 1.57 bits per heavy atom. The van der Waals surface area contributed by atoms with Crippen LogP contribution in [-0.4, -0.2) is 16.0 Å². The first-order chi connectivity index (χ1) is 6.56. The predicted molar refractivity (Wildman–Crippen MR) is 47.9 cm³/mol. The number of nitrogens with zero attached hydrogens (tertiary/aromatic N) is 1. The first-order valence-electron chi connectivity index (χ1n) is 3.54. The maximum atomic E-state index is 10.6. The molecule has 0 atom stereocenters. The first-order valence-corrected chi connectivity index (χ1v) is 3.54. The Hall–Kier alpha value is -2.15. The summed E-state index contributed by atoms with van der Waals surface area (Å²) in [4.78, 5) is 20.3. The standard InChI is InChI=1S/C7H7N3O4/c8-9-4-1-2-6(10(13)14)5(3-4)7(11)12/h1-3,9H,8H2,(H,11,12). The van der Waals surface area contributed by atoms with Crippen molar-refractivity contribution in [1.82, 2.24) is 0 Å². The zero-order valence-corrected chi connectivity index (χ0v) is 6.93. The molecule has 0 saturated heterocycles. The maximum Gasteiger partial charge on any atom is 0.342 e. The molecule has 0 aliphatic rings. The molecule has 0 heterocycles. The molecule has 1 aromatic rings. The van der Waals surface area contributed by atoms with E-state index < -0.39 is 22.1 Å². The molecule has 0 aliphatic carbocycles. The summed E-state index contributed by atoms with van der Waals surface area (Å²) < 4.78 is 0. The molecule has 1 rings (SSSR count). The summed E-state index contributed by atoms with van der Waals surface area (Å²) in [6, 6.07) is 3.50. The summed E-state index contributed by atoms with van der Waals surface area (Å²) in [6.07, 6.45) is 0. The van der Waals surface area contributed by atoms with Crippen molar-refractivity contribution in [3.8, 4) is 0 Å². The molecule has 0 amide bonds. The SMILES string of the molecule is NNc1ccc([N+](=O)[O-])c(C(=O)O)c1. The van der Waals surface area contributed by atoms with Crippen LogP contribution in [0.2, 0.25) is 0 Å². The summed E-state index contributed by atoms with van der Waals surface area (Å²) in [5.74, 6) is 3.67. The summed E-state index contributed by atoms with van der Waals surface area (Å²) in [5.41, 5.74) is 1.64. The minimum absolute atomic E-state index is 0.299. The van der Waals surface area contributed by atoms with Crippen molar-refractivity contribution in [3.05, 3.63) is 33.9 Å². The first kappa shape index (κ1) is 9.93. The van der Waals surface area contributed by atoms with Gasteiger partial charge in [-0.1, -0.05) is 0 Å². The van der Waals surface area contributed by atoms with Crippen molar-refractivity contribution in [2.75, 3.05) is 5.43 Å². The van der Waals surface area contributed by atoms with Gasteiger partial charge in [-0.3, -0.25) is 16.0 Å². The molecular formula is C7H7N3O4. The lowest BCUT2D eigenvalue weighted by Crippen LogP contribution is -2.09. The van der Waals surface area contributed by atoms with Gasteiger partial charge in [-0.25, -0.2) is 4.79 Å². The number of nitrogen functional groups attached to an aromatic ring is 1. The summed E-state index contributed by atoms with van der Waals surface area (Å²) >= 11 is 0. The monoisotopic (exact) mass is 197 g/mol. The lowest BCUT2D eigenvalue weighted by Gasteiger charge is -2.01. The van der Waals surface area contributed by atoms with Gasteiger partial charge in [0.15, 0.2) is 0 Å². The number of nitro groups is 1. The fraction of sp³-hybridized carbons (Fsp3) is 0. The number of carboxylic acid groups (broad SMARTS) is 1. The van der Waals surface area contributed by atoms with E-state index in [0.29, 0.717) is 5.69 Å². The predicted octanol–water partition coefficient (Wildman–Crippen LogP) is 0.579. The molecule has 0 aliphatic heterocycles. The molecule has 0 radical (unpaired) electrons. The average Bonchev–Trinajstić information content (AvgIpc) is 2.16. The van der Waals surface area contributed by atoms with E-state index in [1.165, 1.54) is 6.07 Å². The largest absolute Gasteiger partial charge is 0.477 e. The quantitative estimate of drug-likeness (QED) is 0.370. The van der Waals surface area contributed by atoms with E-state index in [1.807, 2.05) is 0 Å². The summed E-state index contributed by atoms with van der Waals surface area (Å²) in [5, 5.41) is 19.1. The zero-order valence-electron chi connectivity index (χ0n) is 6.93. The van der Waals surface area contributed by atoms with E-state index >= 15 is 0 Å². The molecule has 0 bridgehead atoms. The number of nitrogens with one attached hydrogen (secondary N) is 1. The minimum Gasteiger partial charge on any atom is -0.477 e. The fourth-order valence-corrected chi connectivity index (χ4v) is 0.956. The van der Waals surface area contributed by atoms with Gasteiger partial charge in [0.25, 0.3) is 5.69 Å². The third-order valence-electron chi connectivity index (χ3n) is 1.59. The number of rotatable bonds is 3. The number of nitrogens with two attached hydrogens (primary N) is 1.